The number of aromatic nitrogens is 1. The van der Waals surface area contributed by atoms with Crippen molar-refractivity contribution in [1.29, 1.82) is 0 Å². The Balaban J connectivity index is 1.60. The van der Waals surface area contributed by atoms with Gasteiger partial charge in [-0.25, -0.2) is 4.98 Å². The highest BCUT2D eigenvalue weighted by atomic mass is 32.1. The number of hydrogen-bond donors (Lipinski definition) is 6. The molecule has 0 radical (unpaired) electrons. The molecule has 3 fully saturated rings. The number of likely N-dealkylation sites (N-methyl/N-ethyl adjacent to an activating group) is 1. The number of oxime groups is 1. The molecule has 0 amide bonds. The first kappa shape index (κ1) is 57.7. The third-order valence-corrected chi connectivity index (χ3v) is 15.1. The van der Waals surface area contributed by atoms with Gasteiger partial charge in [-0.3, -0.25) is 4.79 Å². The van der Waals surface area contributed by atoms with E-state index in [1.807, 2.05) is 65.2 Å². The number of carbonyl (C=O) groups excluding carboxylic acids is 1. The zero-order valence-electron chi connectivity index (χ0n) is 42.9. The van der Waals surface area contributed by atoms with E-state index in [2.05, 4.69) is 15.6 Å². The highest BCUT2D eigenvalue weighted by Crippen LogP contribution is 2.41. The molecule has 18 heteroatoms. The molecule has 1 aromatic rings. The summed E-state index contributed by atoms with van der Waals surface area (Å²) in [5, 5.41) is 62.5. The Morgan fingerprint density at radius 3 is 2.18 bits per heavy atom. The number of esters is 1. The van der Waals surface area contributed by atoms with Gasteiger partial charge in [0.15, 0.2) is 12.6 Å². The number of hydrogen-bond acceptors (Lipinski definition) is 18. The molecule has 4 heterocycles. The van der Waals surface area contributed by atoms with Crippen molar-refractivity contribution in [3.8, 4) is 0 Å². The number of nitrogens with one attached hydrogen (secondary N) is 2. The van der Waals surface area contributed by atoms with Gasteiger partial charge in [-0.1, -0.05) is 45.7 Å². The molecule has 0 spiro atoms. The molecule has 0 bridgehead atoms. The van der Waals surface area contributed by atoms with Gasteiger partial charge < -0.3 is 69.2 Å². The van der Waals surface area contributed by atoms with Gasteiger partial charge in [0.25, 0.3) is 0 Å². The lowest BCUT2D eigenvalue weighted by Gasteiger charge is -2.49. The summed E-state index contributed by atoms with van der Waals surface area (Å²) in [7, 11) is 5.31. The van der Waals surface area contributed by atoms with Gasteiger partial charge in [0.2, 0.25) is 0 Å². The number of nitrogens with zero attached hydrogens (tertiary/aromatic N) is 3. The number of cyclic esters (lactones) is 1. The molecule has 0 aromatic carbocycles. The predicted octanol–water partition coefficient (Wildman–Crippen LogP) is 5.01. The molecule has 0 saturated carbocycles. The van der Waals surface area contributed by atoms with Crippen LogP contribution in [-0.2, 0) is 44.6 Å². The van der Waals surface area contributed by atoms with Gasteiger partial charge in [-0.2, -0.15) is 0 Å². The Kier molecular flexibility index (Phi) is 22.8. The Morgan fingerprint density at radius 1 is 0.910 bits per heavy atom. The predicted molar refractivity (Wildman–Crippen MR) is 258 cm³/mol. The van der Waals surface area contributed by atoms with Gasteiger partial charge >= 0.3 is 5.97 Å². The monoisotopic (exact) mass is 972 g/mol. The lowest BCUT2D eigenvalue weighted by Crippen LogP contribution is -2.60. The van der Waals surface area contributed by atoms with Crippen LogP contribution in [0.4, 0.5) is 0 Å². The van der Waals surface area contributed by atoms with E-state index in [4.69, 9.17) is 38.4 Å². The van der Waals surface area contributed by atoms with Crippen molar-refractivity contribution in [3.05, 3.63) is 16.6 Å². The molecule has 388 valence electrons. The summed E-state index contributed by atoms with van der Waals surface area (Å²) in [5.41, 5.74) is -3.51. The van der Waals surface area contributed by atoms with Gasteiger partial charge in [0.05, 0.1) is 52.8 Å². The van der Waals surface area contributed by atoms with Gasteiger partial charge in [0.1, 0.15) is 29.9 Å². The van der Waals surface area contributed by atoms with Crippen LogP contribution in [0.25, 0.3) is 0 Å². The number of aliphatic hydroxyl groups is 4. The average Bonchev–Trinajstić information content (AvgIpc) is 3.79. The van der Waals surface area contributed by atoms with Crippen LogP contribution in [-0.4, -0.2) is 168 Å². The van der Waals surface area contributed by atoms with E-state index in [0.29, 0.717) is 31.7 Å². The molecule has 0 aliphatic carbocycles. The second-order valence-electron chi connectivity index (χ2n) is 20.7. The van der Waals surface area contributed by atoms with Crippen molar-refractivity contribution in [2.45, 2.75) is 212 Å². The number of thiazole rings is 1. The van der Waals surface area contributed by atoms with Gasteiger partial charge in [-0.05, 0) is 107 Å². The maximum atomic E-state index is 14.4. The van der Waals surface area contributed by atoms with Crippen molar-refractivity contribution < 1.29 is 58.5 Å². The first-order chi connectivity index (χ1) is 31.5. The highest BCUT2D eigenvalue weighted by Gasteiger charge is 2.52. The van der Waals surface area contributed by atoms with Crippen LogP contribution in [0.5, 0.6) is 0 Å². The fourth-order valence-corrected chi connectivity index (χ4v) is 11.0. The summed E-state index contributed by atoms with van der Waals surface area (Å²) in [6, 6.07) is -0.292. The van der Waals surface area contributed by atoms with E-state index in [1.165, 1.54) is 7.11 Å². The summed E-state index contributed by atoms with van der Waals surface area (Å²) in [6.45, 7) is 21.7. The number of ether oxygens (including phenoxy) is 6. The highest BCUT2D eigenvalue weighted by molar-refractivity contribution is 7.09. The normalized spacial score (nSPS) is 40.1. The SMILES string of the molecule is CC[C@H]1OC(=O)[C@H](C)[C@@H](OC2CC(C)(OC)C(O)C(C)O2)[C@H](C)[C@@H](OC2OC(C)CC(N(C)C)C2O)[C@](C)(O)C[C@@H](C)/C(=N\OCCNCCCCCCNCc2nccs2)[C@H](C)C[C@]1(C)O. The van der Waals surface area contributed by atoms with Crippen molar-refractivity contribution in [2.75, 3.05) is 47.4 Å². The second-order valence-corrected chi connectivity index (χ2v) is 21.7. The van der Waals surface area contributed by atoms with E-state index >= 15 is 0 Å². The van der Waals surface area contributed by atoms with Gasteiger partial charge in [0, 0.05) is 62.0 Å². The number of methoxy groups -OCH3 is 1. The molecule has 8 unspecified atom stereocenters. The smallest absolute Gasteiger partial charge is 0.311 e. The van der Waals surface area contributed by atoms with Crippen LogP contribution < -0.4 is 10.6 Å². The van der Waals surface area contributed by atoms with Crippen LogP contribution >= 0.6 is 11.3 Å². The third-order valence-electron chi connectivity index (χ3n) is 14.3. The minimum atomic E-state index is -1.66. The molecular formula is C49H89N5O12S. The van der Waals surface area contributed by atoms with Crippen molar-refractivity contribution in [2.24, 2.45) is 28.8 Å². The minimum Gasteiger partial charge on any atom is -0.459 e. The fourth-order valence-electron chi connectivity index (χ4n) is 10.4. The lowest BCUT2D eigenvalue weighted by molar-refractivity contribution is -0.317. The Hall–Kier alpha value is -1.91. The molecule has 3 saturated heterocycles. The van der Waals surface area contributed by atoms with E-state index in [0.717, 1.165) is 50.3 Å². The summed E-state index contributed by atoms with van der Waals surface area (Å²) in [5.74, 6) is -3.11. The van der Waals surface area contributed by atoms with E-state index in [9.17, 15) is 25.2 Å². The Morgan fingerprint density at radius 2 is 1.57 bits per heavy atom. The van der Waals surface area contributed by atoms with Crippen LogP contribution in [0.15, 0.2) is 16.7 Å². The van der Waals surface area contributed by atoms with Crippen LogP contribution in [0.2, 0.25) is 0 Å². The van der Waals surface area contributed by atoms with E-state index < -0.39 is 89.7 Å². The first-order valence-electron chi connectivity index (χ1n) is 24.9. The van der Waals surface area contributed by atoms with Crippen molar-refractivity contribution >= 4 is 23.0 Å². The van der Waals surface area contributed by atoms with Crippen molar-refractivity contribution in [1.82, 2.24) is 20.5 Å². The molecule has 67 heavy (non-hydrogen) atoms. The summed E-state index contributed by atoms with van der Waals surface area (Å²) in [6.07, 6.45) is -0.405. The summed E-state index contributed by atoms with van der Waals surface area (Å²) >= 11 is 1.67. The van der Waals surface area contributed by atoms with Crippen LogP contribution in [0, 0.1) is 23.7 Å². The summed E-state index contributed by atoms with van der Waals surface area (Å²) < 4.78 is 38.2. The van der Waals surface area contributed by atoms with Crippen LogP contribution in [0.3, 0.4) is 0 Å². The van der Waals surface area contributed by atoms with Crippen molar-refractivity contribution in [3.63, 3.8) is 0 Å². The summed E-state index contributed by atoms with van der Waals surface area (Å²) in [4.78, 5) is 26.7. The average molecular weight is 972 g/mol. The lowest BCUT2D eigenvalue weighted by atomic mass is 9.74. The number of unbranched alkanes of at least 4 members (excludes halogenated alkanes) is 3. The molecular weight excluding hydrogens is 883 g/mol. The largest absolute Gasteiger partial charge is 0.459 e. The quantitative estimate of drug-likeness (QED) is 0.0575. The zero-order chi connectivity index (χ0) is 49.7. The topological polar surface area (TPSA) is 215 Å². The molecule has 3 aliphatic rings. The number of carbonyl (C=O) groups is 1. The van der Waals surface area contributed by atoms with E-state index in [1.54, 1.807) is 46.0 Å². The molecule has 17 atom stereocenters. The molecule has 1 aromatic heterocycles. The maximum absolute atomic E-state index is 14.4. The molecule has 4 rings (SSSR count). The molecule has 6 N–H and O–H groups in total. The maximum Gasteiger partial charge on any atom is 0.311 e. The first-order valence-corrected chi connectivity index (χ1v) is 25.8. The Labute approximate surface area is 405 Å². The second kappa shape index (κ2) is 26.5. The minimum absolute atomic E-state index is 0.124. The third kappa shape index (κ3) is 16.3. The number of rotatable bonds is 20. The molecule has 3 aliphatic heterocycles. The number of aliphatic hydroxyl groups excluding tert-OH is 2. The standard InChI is InChI=1S/C49H89N5O12S/c1-14-37-47(8,58)26-30(2)40(53-61-23-21-50-19-17-15-16-18-20-51-29-38-52-22-24-67-38)31(3)27-48(9,59)44(66-46-41(55)36(54(11)12)25-32(4)62-46)33(5)42(34(6)45(57)64-37)65-39-28-49(10,60-13)43(56)35(7)63-39/h22,24,30-37,39,41-44,46,50-51,55-56,58-59H,14-21,23,25-29H2,1-13H3/b53-40-/t30-,31-,32?,33+,34-,35?,36?,37-,39?,41?,42+,43?,44-,46?,47+,48-,49?/m1/s1. The fraction of sp³-hybridized carbons (Fsp3) is 0.898. The molecule has 17 nitrogen and oxygen atoms in total. The van der Waals surface area contributed by atoms with Crippen LogP contribution in [0.1, 0.15) is 132 Å². The zero-order valence-corrected chi connectivity index (χ0v) is 43.8. The van der Waals surface area contributed by atoms with Gasteiger partial charge in [-0.15, -0.1) is 11.3 Å². The van der Waals surface area contributed by atoms with E-state index in [-0.39, 0.29) is 37.3 Å². The Bertz CT molecular complexity index is 1620.